The van der Waals surface area contributed by atoms with E-state index in [1.165, 1.54) is 0 Å². The number of aromatic nitrogens is 1. The van der Waals surface area contributed by atoms with E-state index in [4.69, 9.17) is 4.74 Å². The highest BCUT2D eigenvalue weighted by atomic mass is 16.5. The molecule has 0 amide bonds. The van der Waals surface area contributed by atoms with Gasteiger partial charge >= 0.3 is 5.97 Å². The number of carbonyl (C=O) groups is 1. The van der Waals surface area contributed by atoms with Gasteiger partial charge in [-0.05, 0) is 102 Å². The Labute approximate surface area is 202 Å². The van der Waals surface area contributed by atoms with Gasteiger partial charge in [0.1, 0.15) is 0 Å². The number of aryl methyl sites for hydroxylation is 4. The van der Waals surface area contributed by atoms with Crippen molar-refractivity contribution in [2.75, 3.05) is 0 Å². The summed E-state index contributed by atoms with van der Waals surface area (Å²) in [6.07, 6.45) is -1.28. The molecule has 0 aliphatic carbocycles. The van der Waals surface area contributed by atoms with Crippen molar-refractivity contribution >= 4 is 5.97 Å². The molecule has 0 aliphatic heterocycles. The number of carboxylic acids is 1. The SMILES string of the molecule is Cc1ccc(-c2c(C(OC(C)(C)C)C(=O)O)c(C)c(=O)n(-c3ccc(C)c(C)c3)c2C)cc1C. The van der Waals surface area contributed by atoms with Gasteiger partial charge in [-0.15, -0.1) is 0 Å². The van der Waals surface area contributed by atoms with Gasteiger partial charge in [0.15, 0.2) is 6.10 Å². The van der Waals surface area contributed by atoms with Gasteiger partial charge in [-0.3, -0.25) is 9.36 Å². The number of hydrogen-bond donors (Lipinski definition) is 1. The Kier molecular flexibility index (Phi) is 6.90. The van der Waals surface area contributed by atoms with Crippen molar-refractivity contribution in [1.29, 1.82) is 0 Å². The highest BCUT2D eigenvalue weighted by Crippen LogP contribution is 2.37. The fourth-order valence-electron chi connectivity index (χ4n) is 4.28. The molecule has 0 saturated heterocycles. The van der Waals surface area contributed by atoms with Gasteiger partial charge in [0.25, 0.3) is 5.56 Å². The molecule has 34 heavy (non-hydrogen) atoms. The molecule has 180 valence electrons. The Bertz CT molecular complexity index is 1330. The minimum absolute atomic E-state index is 0.243. The third-order valence-electron chi connectivity index (χ3n) is 6.40. The van der Waals surface area contributed by atoms with Crippen LogP contribution in [0, 0.1) is 41.5 Å². The Morgan fingerprint density at radius 1 is 0.882 bits per heavy atom. The van der Waals surface area contributed by atoms with E-state index in [0.717, 1.165) is 39.1 Å². The average Bonchev–Trinajstić information content (AvgIpc) is 2.73. The van der Waals surface area contributed by atoms with Gasteiger partial charge in [-0.2, -0.15) is 0 Å². The van der Waals surface area contributed by atoms with Gasteiger partial charge in [0.2, 0.25) is 0 Å². The third kappa shape index (κ3) is 4.85. The first-order chi connectivity index (χ1) is 15.7. The van der Waals surface area contributed by atoms with Crippen molar-refractivity contribution < 1.29 is 14.6 Å². The lowest BCUT2D eigenvalue weighted by Gasteiger charge is -2.29. The molecule has 1 aromatic heterocycles. The number of nitrogens with zero attached hydrogens (tertiary/aromatic N) is 1. The number of pyridine rings is 1. The third-order valence-corrected chi connectivity index (χ3v) is 6.40. The minimum Gasteiger partial charge on any atom is -0.479 e. The standard InChI is InChI=1S/C29H35NO4/c1-16-10-12-22(14-18(16)3)25-21(6)30(23-13-11-17(2)19(4)15-23)27(31)20(5)24(25)26(28(32)33)34-29(7,8)9/h10-15,26H,1-9H3,(H,32,33). The summed E-state index contributed by atoms with van der Waals surface area (Å²) in [4.78, 5) is 26.2. The van der Waals surface area contributed by atoms with Crippen LogP contribution in [-0.4, -0.2) is 21.2 Å². The van der Waals surface area contributed by atoms with Crippen LogP contribution < -0.4 is 5.56 Å². The number of ether oxygens (including phenoxy) is 1. The van der Waals surface area contributed by atoms with E-state index in [2.05, 4.69) is 0 Å². The zero-order valence-corrected chi connectivity index (χ0v) is 21.7. The zero-order valence-electron chi connectivity index (χ0n) is 21.7. The van der Waals surface area contributed by atoms with E-state index in [-0.39, 0.29) is 5.56 Å². The van der Waals surface area contributed by atoms with Crippen molar-refractivity contribution in [3.05, 3.63) is 85.8 Å². The maximum Gasteiger partial charge on any atom is 0.337 e. The molecular weight excluding hydrogens is 426 g/mol. The zero-order chi connectivity index (χ0) is 25.5. The molecule has 3 aromatic rings. The van der Waals surface area contributed by atoms with E-state index >= 15 is 0 Å². The molecule has 1 N–H and O–H groups in total. The monoisotopic (exact) mass is 461 g/mol. The van der Waals surface area contributed by atoms with Gasteiger partial charge in [-0.1, -0.05) is 24.3 Å². The maximum absolute atomic E-state index is 13.7. The van der Waals surface area contributed by atoms with Crippen LogP contribution in [0.1, 0.15) is 65.9 Å². The Morgan fingerprint density at radius 3 is 1.94 bits per heavy atom. The van der Waals surface area contributed by atoms with Crippen molar-refractivity contribution in [3.8, 4) is 16.8 Å². The first kappa shape index (κ1) is 25.4. The molecule has 1 unspecified atom stereocenters. The van der Waals surface area contributed by atoms with Crippen LogP contribution in [0.2, 0.25) is 0 Å². The van der Waals surface area contributed by atoms with Crippen molar-refractivity contribution in [1.82, 2.24) is 4.57 Å². The summed E-state index contributed by atoms with van der Waals surface area (Å²) in [6, 6.07) is 12.0. The second kappa shape index (κ2) is 9.22. The number of hydrogen-bond acceptors (Lipinski definition) is 3. The average molecular weight is 462 g/mol. The molecule has 0 fully saturated rings. The molecule has 0 spiro atoms. The van der Waals surface area contributed by atoms with E-state index < -0.39 is 17.7 Å². The molecule has 0 saturated carbocycles. The molecule has 5 nitrogen and oxygen atoms in total. The number of benzene rings is 2. The van der Waals surface area contributed by atoms with E-state index in [1.807, 2.05) is 91.8 Å². The molecule has 2 aromatic carbocycles. The fraction of sp³-hybridized carbons (Fsp3) is 0.379. The summed E-state index contributed by atoms with van der Waals surface area (Å²) in [5, 5.41) is 10.2. The summed E-state index contributed by atoms with van der Waals surface area (Å²) in [7, 11) is 0. The predicted molar refractivity (Wildman–Crippen MR) is 137 cm³/mol. The fourth-order valence-corrected chi connectivity index (χ4v) is 4.28. The number of rotatable bonds is 5. The highest BCUT2D eigenvalue weighted by Gasteiger charge is 2.33. The lowest BCUT2D eigenvalue weighted by Crippen LogP contribution is -2.32. The van der Waals surface area contributed by atoms with Gasteiger partial charge < -0.3 is 9.84 Å². The quantitative estimate of drug-likeness (QED) is 0.484. The van der Waals surface area contributed by atoms with Crippen molar-refractivity contribution in [2.24, 2.45) is 0 Å². The normalized spacial score (nSPS) is 12.6. The van der Waals surface area contributed by atoms with Crippen LogP contribution in [0.3, 0.4) is 0 Å². The molecule has 0 aliphatic rings. The summed E-state index contributed by atoms with van der Waals surface area (Å²) in [5.74, 6) is -1.12. The van der Waals surface area contributed by atoms with Gasteiger partial charge in [0.05, 0.1) is 5.60 Å². The highest BCUT2D eigenvalue weighted by molar-refractivity contribution is 5.82. The Morgan fingerprint density at radius 2 is 1.44 bits per heavy atom. The molecule has 1 atom stereocenters. The first-order valence-corrected chi connectivity index (χ1v) is 11.5. The summed E-state index contributed by atoms with van der Waals surface area (Å²) in [6.45, 7) is 17.1. The van der Waals surface area contributed by atoms with Crippen molar-refractivity contribution in [2.45, 2.75) is 74.0 Å². The minimum atomic E-state index is -1.28. The lowest BCUT2D eigenvalue weighted by molar-refractivity contribution is -0.160. The number of carboxylic acid groups (broad SMARTS) is 1. The summed E-state index contributed by atoms with van der Waals surface area (Å²) >= 11 is 0. The van der Waals surface area contributed by atoms with E-state index in [9.17, 15) is 14.7 Å². The van der Waals surface area contributed by atoms with Crippen molar-refractivity contribution in [3.63, 3.8) is 0 Å². The molecule has 3 rings (SSSR count). The van der Waals surface area contributed by atoms with E-state index in [0.29, 0.717) is 16.8 Å². The lowest BCUT2D eigenvalue weighted by atomic mass is 9.89. The van der Waals surface area contributed by atoms with Crippen LogP contribution in [0.15, 0.2) is 41.2 Å². The predicted octanol–water partition coefficient (Wildman–Crippen LogP) is 6.30. The van der Waals surface area contributed by atoms with Crippen LogP contribution >= 0.6 is 0 Å². The number of aliphatic carboxylic acids is 1. The first-order valence-electron chi connectivity index (χ1n) is 11.5. The molecule has 1 heterocycles. The van der Waals surface area contributed by atoms with Crippen LogP contribution in [-0.2, 0) is 9.53 Å². The molecular formula is C29H35NO4. The smallest absolute Gasteiger partial charge is 0.337 e. The Hall–Kier alpha value is -3.18. The topological polar surface area (TPSA) is 68.5 Å². The maximum atomic E-state index is 13.7. The second-order valence-corrected chi connectivity index (χ2v) is 10.2. The van der Waals surface area contributed by atoms with Gasteiger partial charge in [-0.25, -0.2) is 4.79 Å². The summed E-state index contributed by atoms with van der Waals surface area (Å²) < 4.78 is 7.71. The van der Waals surface area contributed by atoms with Gasteiger partial charge in [0, 0.05) is 28.1 Å². The van der Waals surface area contributed by atoms with Crippen LogP contribution in [0.5, 0.6) is 0 Å². The molecule has 5 heteroatoms. The summed E-state index contributed by atoms with van der Waals surface area (Å²) in [5.41, 5.74) is 7.29. The van der Waals surface area contributed by atoms with Crippen LogP contribution in [0.4, 0.5) is 0 Å². The molecule has 0 bridgehead atoms. The van der Waals surface area contributed by atoms with Crippen LogP contribution in [0.25, 0.3) is 16.8 Å². The largest absolute Gasteiger partial charge is 0.479 e. The van der Waals surface area contributed by atoms with E-state index in [1.54, 1.807) is 11.5 Å². The molecule has 0 radical (unpaired) electrons. The second-order valence-electron chi connectivity index (χ2n) is 10.2. The Balaban J connectivity index is 2.48.